The standard InChI is InChI=1S/C15H15ClIN/c1-18(10-12-2-6-14(16)7-3-12)11-13-4-8-15(17)9-5-13/h2-9H,10-11H2,1H3. The predicted octanol–water partition coefficient (Wildman–Crippen LogP) is 4.58. The van der Waals surface area contributed by atoms with Crippen molar-refractivity contribution < 1.29 is 0 Å². The van der Waals surface area contributed by atoms with E-state index in [1.807, 2.05) is 12.1 Å². The Bertz CT molecular complexity index is 445. The fourth-order valence-electron chi connectivity index (χ4n) is 1.86. The van der Waals surface area contributed by atoms with Gasteiger partial charge in [-0.25, -0.2) is 0 Å². The largest absolute Gasteiger partial charge is 0.298 e. The topological polar surface area (TPSA) is 3.24 Å². The maximum atomic E-state index is 5.88. The van der Waals surface area contributed by atoms with Gasteiger partial charge >= 0.3 is 0 Å². The molecule has 94 valence electrons. The van der Waals surface area contributed by atoms with Gasteiger partial charge in [-0.05, 0) is 65.0 Å². The molecule has 0 heterocycles. The molecule has 2 aromatic rings. The monoisotopic (exact) mass is 371 g/mol. The first-order valence-corrected chi connectivity index (χ1v) is 7.26. The third-order valence-corrected chi connectivity index (χ3v) is 3.70. The molecule has 18 heavy (non-hydrogen) atoms. The molecule has 0 amide bonds. The molecule has 0 aliphatic carbocycles. The van der Waals surface area contributed by atoms with Crippen LogP contribution in [0, 0.1) is 3.57 Å². The quantitative estimate of drug-likeness (QED) is 0.711. The Hall–Kier alpha value is -0.580. The molecule has 0 saturated heterocycles. The highest BCUT2D eigenvalue weighted by Crippen LogP contribution is 2.13. The lowest BCUT2D eigenvalue weighted by atomic mass is 10.2. The van der Waals surface area contributed by atoms with Gasteiger partial charge in [0.2, 0.25) is 0 Å². The van der Waals surface area contributed by atoms with Gasteiger partial charge in [-0.2, -0.15) is 0 Å². The van der Waals surface area contributed by atoms with E-state index < -0.39 is 0 Å². The van der Waals surface area contributed by atoms with Crippen LogP contribution < -0.4 is 0 Å². The molecule has 0 radical (unpaired) electrons. The highest BCUT2D eigenvalue weighted by Gasteiger charge is 2.02. The average Bonchev–Trinajstić information content (AvgIpc) is 2.35. The van der Waals surface area contributed by atoms with Gasteiger partial charge in [-0.15, -0.1) is 0 Å². The molecule has 0 atom stereocenters. The third-order valence-electron chi connectivity index (χ3n) is 2.73. The van der Waals surface area contributed by atoms with Crippen molar-refractivity contribution in [3.8, 4) is 0 Å². The molecule has 1 nitrogen and oxygen atoms in total. The molecular weight excluding hydrogens is 357 g/mol. The Kier molecular flexibility index (Phi) is 5.03. The molecule has 0 unspecified atom stereocenters. The summed E-state index contributed by atoms with van der Waals surface area (Å²) >= 11 is 8.20. The molecule has 2 aromatic carbocycles. The minimum Gasteiger partial charge on any atom is -0.298 e. The van der Waals surface area contributed by atoms with Crippen LogP contribution in [0.3, 0.4) is 0 Å². The Labute approximate surface area is 127 Å². The maximum absolute atomic E-state index is 5.88. The van der Waals surface area contributed by atoms with Crippen molar-refractivity contribution in [3.05, 3.63) is 68.3 Å². The van der Waals surface area contributed by atoms with E-state index in [-0.39, 0.29) is 0 Å². The summed E-state index contributed by atoms with van der Waals surface area (Å²) in [5, 5.41) is 0.791. The number of rotatable bonds is 4. The van der Waals surface area contributed by atoms with E-state index in [1.54, 1.807) is 0 Å². The highest BCUT2D eigenvalue weighted by molar-refractivity contribution is 14.1. The predicted molar refractivity (Wildman–Crippen MR) is 85.8 cm³/mol. The minimum atomic E-state index is 0.791. The SMILES string of the molecule is CN(Cc1ccc(Cl)cc1)Cc1ccc(I)cc1. The van der Waals surface area contributed by atoms with Gasteiger partial charge in [0.1, 0.15) is 0 Å². The normalized spacial score (nSPS) is 10.9. The van der Waals surface area contributed by atoms with Crippen LogP contribution in [0.4, 0.5) is 0 Å². The summed E-state index contributed by atoms with van der Waals surface area (Å²) in [6.45, 7) is 1.89. The van der Waals surface area contributed by atoms with Crippen molar-refractivity contribution in [1.29, 1.82) is 0 Å². The second-order valence-electron chi connectivity index (χ2n) is 4.43. The molecule has 0 N–H and O–H groups in total. The van der Waals surface area contributed by atoms with Gasteiger partial charge in [0.15, 0.2) is 0 Å². The van der Waals surface area contributed by atoms with Crippen LogP contribution in [-0.2, 0) is 13.1 Å². The zero-order valence-electron chi connectivity index (χ0n) is 10.2. The summed E-state index contributed by atoms with van der Waals surface area (Å²) in [4.78, 5) is 2.30. The lowest BCUT2D eigenvalue weighted by molar-refractivity contribution is 0.319. The van der Waals surface area contributed by atoms with Crippen LogP contribution in [0.5, 0.6) is 0 Å². The first-order valence-electron chi connectivity index (χ1n) is 5.81. The van der Waals surface area contributed by atoms with Crippen LogP contribution in [0.25, 0.3) is 0 Å². The molecule has 0 aromatic heterocycles. The second-order valence-corrected chi connectivity index (χ2v) is 6.11. The number of nitrogens with zero attached hydrogens (tertiary/aromatic N) is 1. The lowest BCUT2D eigenvalue weighted by Gasteiger charge is -2.17. The fraction of sp³-hybridized carbons (Fsp3) is 0.200. The molecule has 0 aliphatic heterocycles. The van der Waals surface area contributed by atoms with E-state index in [1.165, 1.54) is 14.7 Å². The molecule has 0 fully saturated rings. The molecule has 2 rings (SSSR count). The fourth-order valence-corrected chi connectivity index (χ4v) is 2.34. The Morgan fingerprint density at radius 1 is 0.889 bits per heavy atom. The Balaban J connectivity index is 1.94. The third kappa shape index (κ3) is 4.26. The number of benzene rings is 2. The van der Waals surface area contributed by atoms with Crippen molar-refractivity contribution in [2.45, 2.75) is 13.1 Å². The summed E-state index contributed by atoms with van der Waals surface area (Å²) < 4.78 is 1.27. The van der Waals surface area contributed by atoms with Gasteiger partial charge in [0, 0.05) is 21.7 Å². The zero-order valence-corrected chi connectivity index (χ0v) is 13.1. The molecular formula is C15H15ClIN. The smallest absolute Gasteiger partial charge is 0.0406 e. The molecule has 0 bridgehead atoms. The Morgan fingerprint density at radius 2 is 1.33 bits per heavy atom. The molecule has 0 spiro atoms. The van der Waals surface area contributed by atoms with Gasteiger partial charge in [0.05, 0.1) is 0 Å². The van der Waals surface area contributed by atoms with Crippen LogP contribution in [-0.4, -0.2) is 11.9 Å². The van der Waals surface area contributed by atoms with Crippen molar-refractivity contribution in [2.75, 3.05) is 7.05 Å². The summed E-state index contributed by atoms with van der Waals surface area (Å²) in [6.07, 6.45) is 0. The maximum Gasteiger partial charge on any atom is 0.0406 e. The van der Waals surface area contributed by atoms with Crippen molar-refractivity contribution in [3.63, 3.8) is 0 Å². The van der Waals surface area contributed by atoms with E-state index in [9.17, 15) is 0 Å². The second kappa shape index (κ2) is 6.55. The van der Waals surface area contributed by atoms with Crippen LogP contribution in [0.1, 0.15) is 11.1 Å². The first kappa shape index (κ1) is 13.8. The highest BCUT2D eigenvalue weighted by atomic mass is 127. The van der Waals surface area contributed by atoms with Gasteiger partial charge < -0.3 is 0 Å². The van der Waals surface area contributed by atoms with E-state index in [4.69, 9.17) is 11.6 Å². The molecule has 3 heteroatoms. The van der Waals surface area contributed by atoms with E-state index in [0.717, 1.165) is 18.1 Å². The van der Waals surface area contributed by atoms with Crippen molar-refractivity contribution in [1.82, 2.24) is 4.90 Å². The summed E-state index contributed by atoms with van der Waals surface area (Å²) in [5.41, 5.74) is 2.62. The van der Waals surface area contributed by atoms with Crippen LogP contribution in [0.15, 0.2) is 48.5 Å². The van der Waals surface area contributed by atoms with Crippen molar-refractivity contribution in [2.24, 2.45) is 0 Å². The number of hydrogen-bond acceptors (Lipinski definition) is 1. The van der Waals surface area contributed by atoms with Crippen molar-refractivity contribution >= 4 is 34.2 Å². The molecule has 0 saturated carbocycles. The summed E-state index contributed by atoms with van der Waals surface area (Å²) in [6, 6.07) is 16.7. The van der Waals surface area contributed by atoms with Gasteiger partial charge in [-0.1, -0.05) is 35.9 Å². The van der Waals surface area contributed by atoms with E-state index in [0.29, 0.717) is 0 Å². The summed E-state index contributed by atoms with van der Waals surface area (Å²) in [5.74, 6) is 0. The average molecular weight is 372 g/mol. The number of halogens is 2. The lowest BCUT2D eigenvalue weighted by Crippen LogP contribution is -2.17. The van der Waals surface area contributed by atoms with E-state index >= 15 is 0 Å². The minimum absolute atomic E-state index is 0.791. The van der Waals surface area contributed by atoms with E-state index in [2.05, 4.69) is 70.9 Å². The Morgan fingerprint density at radius 3 is 1.83 bits per heavy atom. The number of hydrogen-bond donors (Lipinski definition) is 0. The van der Waals surface area contributed by atoms with Gasteiger partial charge in [-0.3, -0.25) is 4.90 Å². The molecule has 0 aliphatic rings. The zero-order chi connectivity index (χ0) is 13.0. The van der Waals surface area contributed by atoms with Crippen LogP contribution in [0.2, 0.25) is 5.02 Å². The van der Waals surface area contributed by atoms with Gasteiger partial charge in [0.25, 0.3) is 0 Å². The first-order chi connectivity index (χ1) is 8.63. The summed E-state index contributed by atoms with van der Waals surface area (Å²) in [7, 11) is 2.13. The van der Waals surface area contributed by atoms with Crippen LogP contribution >= 0.6 is 34.2 Å².